The Hall–Kier alpha value is -2.05. The minimum Gasteiger partial charge on any atom is -0.336 e. The van der Waals surface area contributed by atoms with Crippen LogP contribution in [0.1, 0.15) is 5.69 Å². The smallest absolute Gasteiger partial charge is 0.160 e. The van der Waals surface area contributed by atoms with E-state index in [1.165, 1.54) is 5.69 Å². The molecule has 1 aliphatic rings. The summed E-state index contributed by atoms with van der Waals surface area (Å²) in [7, 11) is 2.12. The minimum absolute atomic E-state index is 0.659. The number of fused-ring (bicyclic) bond motifs is 2. The van der Waals surface area contributed by atoms with Gasteiger partial charge >= 0.3 is 0 Å². The monoisotopic (exact) mass is 302 g/mol. The molecule has 21 heavy (non-hydrogen) atoms. The molecule has 3 aromatic rings. The molecule has 1 aliphatic heterocycles. The molecular weight excluding hydrogens is 288 g/mol. The molecule has 0 saturated heterocycles. The van der Waals surface area contributed by atoms with Crippen LogP contribution < -0.4 is 5.32 Å². The van der Waals surface area contributed by atoms with Crippen LogP contribution in [-0.4, -0.2) is 37.7 Å². The van der Waals surface area contributed by atoms with E-state index in [9.17, 15) is 0 Å². The van der Waals surface area contributed by atoms with Gasteiger partial charge in [0, 0.05) is 37.7 Å². The molecule has 0 fully saturated rings. The summed E-state index contributed by atoms with van der Waals surface area (Å²) in [5, 5.41) is 8.59. The SMILES string of the molecule is CN1CCn2nc(Nc3cc(Cl)cn4ccnc34)cc2C1. The van der Waals surface area contributed by atoms with E-state index in [0.717, 1.165) is 36.8 Å². The number of pyridine rings is 1. The van der Waals surface area contributed by atoms with Crippen LogP contribution in [0.4, 0.5) is 11.5 Å². The summed E-state index contributed by atoms with van der Waals surface area (Å²) < 4.78 is 3.95. The summed E-state index contributed by atoms with van der Waals surface area (Å²) >= 11 is 6.15. The Balaban J connectivity index is 1.70. The highest BCUT2D eigenvalue weighted by Gasteiger charge is 2.16. The van der Waals surface area contributed by atoms with E-state index in [-0.39, 0.29) is 0 Å². The average molecular weight is 303 g/mol. The van der Waals surface area contributed by atoms with E-state index in [4.69, 9.17) is 11.6 Å². The average Bonchev–Trinajstić information content (AvgIpc) is 3.03. The standard InChI is InChI=1S/C14H15ClN6/c1-19-4-5-21-11(9-19)7-13(18-21)17-12-6-10(15)8-20-3-2-16-14(12)20/h2-3,6-8H,4-5,9H2,1H3,(H,17,18). The zero-order valence-electron chi connectivity index (χ0n) is 11.6. The molecule has 3 aromatic heterocycles. The van der Waals surface area contributed by atoms with Gasteiger partial charge in [0.05, 0.1) is 22.9 Å². The second-order valence-electron chi connectivity index (χ2n) is 5.34. The fourth-order valence-corrected chi connectivity index (χ4v) is 2.90. The van der Waals surface area contributed by atoms with Gasteiger partial charge in [-0.25, -0.2) is 4.98 Å². The number of nitrogens with one attached hydrogen (secondary N) is 1. The van der Waals surface area contributed by atoms with E-state index in [0.29, 0.717) is 5.02 Å². The Morgan fingerprint density at radius 1 is 1.29 bits per heavy atom. The van der Waals surface area contributed by atoms with Gasteiger partial charge < -0.3 is 9.72 Å². The van der Waals surface area contributed by atoms with E-state index in [2.05, 4.69) is 38.1 Å². The van der Waals surface area contributed by atoms with Crippen LogP contribution in [0.15, 0.2) is 30.7 Å². The van der Waals surface area contributed by atoms with Gasteiger partial charge in [-0.05, 0) is 13.1 Å². The molecule has 0 unspecified atom stereocenters. The molecule has 0 spiro atoms. The summed E-state index contributed by atoms with van der Waals surface area (Å²) in [6.07, 6.45) is 5.46. The quantitative estimate of drug-likeness (QED) is 0.789. The van der Waals surface area contributed by atoms with Crippen molar-refractivity contribution in [2.24, 2.45) is 0 Å². The van der Waals surface area contributed by atoms with Crippen molar-refractivity contribution in [2.45, 2.75) is 13.1 Å². The fourth-order valence-electron chi connectivity index (χ4n) is 2.69. The van der Waals surface area contributed by atoms with Crippen LogP contribution in [0.2, 0.25) is 5.02 Å². The predicted octanol–water partition coefficient (Wildman–Crippen LogP) is 2.37. The van der Waals surface area contributed by atoms with Crippen LogP contribution >= 0.6 is 11.6 Å². The Bertz CT molecular complexity index is 805. The highest BCUT2D eigenvalue weighted by molar-refractivity contribution is 6.30. The van der Waals surface area contributed by atoms with Crippen molar-refractivity contribution in [3.63, 3.8) is 0 Å². The molecule has 0 bridgehead atoms. The summed E-state index contributed by atoms with van der Waals surface area (Å²) in [6.45, 7) is 2.86. The molecule has 1 N–H and O–H groups in total. The van der Waals surface area contributed by atoms with Crippen molar-refractivity contribution in [1.82, 2.24) is 24.1 Å². The van der Waals surface area contributed by atoms with Crippen molar-refractivity contribution < 1.29 is 0 Å². The number of nitrogens with zero attached hydrogens (tertiary/aromatic N) is 5. The summed E-state index contributed by atoms with van der Waals surface area (Å²) in [5.41, 5.74) is 2.91. The first kappa shape index (κ1) is 12.7. The Morgan fingerprint density at radius 3 is 3.10 bits per heavy atom. The van der Waals surface area contributed by atoms with Crippen molar-refractivity contribution in [1.29, 1.82) is 0 Å². The molecule has 0 radical (unpaired) electrons. The maximum atomic E-state index is 6.15. The third-order valence-corrected chi connectivity index (χ3v) is 3.91. The normalized spacial score (nSPS) is 15.3. The summed E-state index contributed by atoms with van der Waals surface area (Å²) in [5.74, 6) is 0.826. The van der Waals surface area contributed by atoms with Gasteiger partial charge in [0.15, 0.2) is 11.5 Å². The number of anilines is 2. The van der Waals surface area contributed by atoms with Crippen molar-refractivity contribution >= 4 is 28.8 Å². The molecule has 0 saturated carbocycles. The van der Waals surface area contributed by atoms with E-state index in [1.54, 1.807) is 6.20 Å². The highest BCUT2D eigenvalue weighted by Crippen LogP contribution is 2.25. The zero-order valence-corrected chi connectivity index (χ0v) is 12.4. The number of hydrogen-bond acceptors (Lipinski definition) is 4. The molecule has 4 rings (SSSR count). The lowest BCUT2D eigenvalue weighted by Gasteiger charge is -2.22. The number of aromatic nitrogens is 4. The van der Waals surface area contributed by atoms with Gasteiger partial charge in [0.1, 0.15) is 0 Å². The van der Waals surface area contributed by atoms with Gasteiger partial charge in [0.2, 0.25) is 0 Å². The molecule has 0 aliphatic carbocycles. The fraction of sp³-hybridized carbons (Fsp3) is 0.286. The minimum atomic E-state index is 0.659. The molecule has 0 amide bonds. The second kappa shape index (κ2) is 4.75. The van der Waals surface area contributed by atoms with Crippen LogP contribution in [0.3, 0.4) is 0 Å². The van der Waals surface area contributed by atoms with Crippen molar-refractivity contribution in [3.8, 4) is 0 Å². The molecular formula is C14H15ClN6. The Morgan fingerprint density at radius 2 is 2.19 bits per heavy atom. The molecule has 7 heteroatoms. The lowest BCUT2D eigenvalue weighted by molar-refractivity contribution is 0.259. The zero-order chi connectivity index (χ0) is 14.4. The van der Waals surface area contributed by atoms with Gasteiger partial charge in [-0.2, -0.15) is 5.10 Å². The number of halogens is 1. The number of likely N-dealkylation sites (N-methyl/N-ethyl adjacent to an activating group) is 1. The van der Waals surface area contributed by atoms with Crippen LogP contribution in [0.25, 0.3) is 5.65 Å². The van der Waals surface area contributed by atoms with Gasteiger partial charge in [-0.3, -0.25) is 9.58 Å². The number of imidazole rings is 1. The second-order valence-corrected chi connectivity index (χ2v) is 5.77. The van der Waals surface area contributed by atoms with Gasteiger partial charge in [-0.1, -0.05) is 11.6 Å². The largest absolute Gasteiger partial charge is 0.336 e. The molecule has 0 atom stereocenters. The lowest BCUT2D eigenvalue weighted by Crippen LogP contribution is -2.30. The Labute approximate surface area is 127 Å². The van der Waals surface area contributed by atoms with Crippen LogP contribution in [0.5, 0.6) is 0 Å². The van der Waals surface area contributed by atoms with Crippen molar-refractivity contribution in [3.05, 3.63) is 41.4 Å². The molecule has 6 nitrogen and oxygen atoms in total. The maximum Gasteiger partial charge on any atom is 0.160 e. The van der Waals surface area contributed by atoms with Gasteiger partial charge in [0.25, 0.3) is 0 Å². The third kappa shape index (κ3) is 2.26. The van der Waals surface area contributed by atoms with Crippen molar-refractivity contribution in [2.75, 3.05) is 18.9 Å². The van der Waals surface area contributed by atoms with E-state index < -0.39 is 0 Å². The predicted molar refractivity (Wildman–Crippen MR) is 82.0 cm³/mol. The van der Waals surface area contributed by atoms with Crippen LogP contribution in [0, 0.1) is 0 Å². The summed E-state index contributed by atoms with van der Waals surface area (Å²) in [4.78, 5) is 6.63. The number of rotatable bonds is 2. The maximum absolute atomic E-state index is 6.15. The highest BCUT2D eigenvalue weighted by atomic mass is 35.5. The van der Waals surface area contributed by atoms with Gasteiger partial charge in [-0.15, -0.1) is 0 Å². The van der Waals surface area contributed by atoms with E-state index >= 15 is 0 Å². The Kier molecular flexibility index (Phi) is 2.87. The molecule has 0 aromatic carbocycles. The first-order valence-electron chi connectivity index (χ1n) is 6.83. The van der Waals surface area contributed by atoms with E-state index in [1.807, 2.05) is 22.9 Å². The third-order valence-electron chi connectivity index (χ3n) is 3.71. The first-order valence-corrected chi connectivity index (χ1v) is 7.21. The lowest BCUT2D eigenvalue weighted by atomic mass is 10.3. The van der Waals surface area contributed by atoms with Crippen LogP contribution in [-0.2, 0) is 13.1 Å². The topological polar surface area (TPSA) is 50.4 Å². The summed E-state index contributed by atoms with van der Waals surface area (Å²) in [6, 6.07) is 3.95. The first-order chi connectivity index (χ1) is 10.2. The molecule has 4 heterocycles. The molecule has 108 valence electrons. The number of hydrogen-bond donors (Lipinski definition) is 1.